The van der Waals surface area contributed by atoms with Crippen molar-refractivity contribution in [3.05, 3.63) is 71.7 Å². The molecule has 0 spiro atoms. The Hall–Kier alpha value is -2.53. The Morgan fingerprint density at radius 2 is 1.85 bits per heavy atom. The summed E-state index contributed by atoms with van der Waals surface area (Å²) in [4.78, 5) is 17.8. The van der Waals surface area contributed by atoms with Gasteiger partial charge in [-0.15, -0.1) is 0 Å². The fraction of sp³-hybridized carbons (Fsp3) is 0.318. The number of nitrogens with zero attached hydrogens (tertiary/aromatic N) is 1. The van der Waals surface area contributed by atoms with E-state index in [9.17, 15) is 4.79 Å². The largest absolute Gasteiger partial charge is 0.383 e. The van der Waals surface area contributed by atoms with Crippen molar-refractivity contribution in [2.24, 2.45) is 17.3 Å². The molecule has 1 heterocycles. The van der Waals surface area contributed by atoms with Crippen molar-refractivity contribution < 1.29 is 4.79 Å². The maximum Gasteiger partial charge on any atom is 0.171 e. The van der Waals surface area contributed by atoms with Crippen molar-refractivity contribution >= 4 is 28.7 Å². The van der Waals surface area contributed by atoms with Gasteiger partial charge in [-0.05, 0) is 41.7 Å². The molecule has 1 fully saturated rings. The molecule has 0 amide bonds. The molecule has 3 aliphatic rings. The number of pyridine rings is 1. The Labute approximate surface area is 165 Å². The van der Waals surface area contributed by atoms with Crippen molar-refractivity contribution in [2.45, 2.75) is 26.8 Å². The number of fused-ring (bicyclic) bond motifs is 1. The predicted octanol–water partition coefficient (Wildman–Crippen LogP) is 4.11. The van der Waals surface area contributed by atoms with Crippen LogP contribution in [0.5, 0.6) is 0 Å². The summed E-state index contributed by atoms with van der Waals surface area (Å²) < 4.78 is 0. The molecule has 5 rings (SSSR count). The van der Waals surface area contributed by atoms with E-state index in [1.807, 2.05) is 42.5 Å². The van der Waals surface area contributed by atoms with Gasteiger partial charge in [-0.2, -0.15) is 0 Å². The number of aromatic nitrogens is 1. The van der Waals surface area contributed by atoms with E-state index in [2.05, 4.69) is 29.5 Å². The number of carbonyl (C=O) groups excluding carboxylic acids is 1. The molecule has 4 nitrogen and oxygen atoms in total. The minimum absolute atomic E-state index is 0.0243. The Morgan fingerprint density at radius 1 is 1.15 bits per heavy atom. The summed E-state index contributed by atoms with van der Waals surface area (Å²) in [5.74, 6) is 0.542. The molecule has 0 radical (unpaired) electrons. The zero-order valence-corrected chi connectivity index (χ0v) is 16.3. The predicted molar refractivity (Wildman–Crippen MR) is 111 cm³/mol. The minimum atomic E-state index is -0.0243. The van der Waals surface area contributed by atoms with Gasteiger partial charge in [0.05, 0.1) is 5.57 Å². The molecule has 1 saturated carbocycles. The van der Waals surface area contributed by atoms with Gasteiger partial charge in [-0.25, -0.2) is 0 Å². The smallest absolute Gasteiger partial charge is 0.171 e. The number of rotatable bonds is 5. The SMILES string of the molecule is CC1(C)[C@@H]2C[C@H]1C(=O)C(C(=S)Nc1ccccc1)=C2NCc1ccncc1. The number of carbonyl (C=O) groups is 1. The van der Waals surface area contributed by atoms with Crippen LogP contribution in [0.4, 0.5) is 5.69 Å². The van der Waals surface area contributed by atoms with E-state index in [-0.39, 0.29) is 17.1 Å². The lowest BCUT2D eigenvalue weighted by Gasteiger charge is -2.56. The highest BCUT2D eigenvalue weighted by Crippen LogP contribution is 2.59. The van der Waals surface area contributed by atoms with E-state index in [0.29, 0.717) is 23.0 Å². The second-order valence-corrected chi connectivity index (χ2v) is 8.25. The molecule has 1 aromatic carbocycles. The van der Waals surface area contributed by atoms with E-state index in [1.165, 1.54) is 0 Å². The number of anilines is 1. The van der Waals surface area contributed by atoms with Gasteiger partial charge in [-0.3, -0.25) is 9.78 Å². The van der Waals surface area contributed by atoms with Crippen LogP contribution in [0, 0.1) is 17.3 Å². The molecule has 0 saturated heterocycles. The van der Waals surface area contributed by atoms with Crippen LogP contribution in [-0.2, 0) is 11.3 Å². The maximum atomic E-state index is 13.2. The lowest BCUT2D eigenvalue weighted by molar-refractivity contribution is -0.135. The summed E-state index contributed by atoms with van der Waals surface area (Å²) in [6.07, 6.45) is 4.47. The molecule has 138 valence electrons. The van der Waals surface area contributed by atoms with Gasteiger partial charge in [0.25, 0.3) is 0 Å². The summed E-state index contributed by atoms with van der Waals surface area (Å²) >= 11 is 5.65. The van der Waals surface area contributed by atoms with Crippen LogP contribution in [0.15, 0.2) is 66.1 Å². The molecular weight excluding hydrogens is 354 g/mol. The highest BCUT2D eigenvalue weighted by molar-refractivity contribution is 7.81. The van der Waals surface area contributed by atoms with Gasteiger partial charge < -0.3 is 10.6 Å². The molecule has 27 heavy (non-hydrogen) atoms. The third kappa shape index (κ3) is 3.16. The van der Waals surface area contributed by atoms with Gasteiger partial charge >= 0.3 is 0 Å². The van der Waals surface area contributed by atoms with E-state index in [1.54, 1.807) is 12.4 Å². The number of Topliss-reactive ketones (excluding diaryl/α,β-unsaturated/α-hetero) is 1. The standard InChI is InChI=1S/C22H23N3OS/c1-22(2)16-12-17(22)20(26)18(21(27)25-15-6-4-3-5-7-15)19(16)24-13-14-8-10-23-11-9-14/h3-11,16-17,24H,12-13H2,1-2H3,(H,25,27)/t16-,17+/m1/s1. The number of nitrogens with one attached hydrogen (secondary N) is 2. The average molecular weight is 378 g/mol. The van der Waals surface area contributed by atoms with Crippen LogP contribution >= 0.6 is 12.2 Å². The highest BCUT2D eigenvalue weighted by atomic mass is 32.1. The molecule has 2 bridgehead atoms. The first-order valence-corrected chi connectivity index (χ1v) is 9.67. The highest BCUT2D eigenvalue weighted by Gasteiger charge is 2.58. The second-order valence-electron chi connectivity index (χ2n) is 7.84. The van der Waals surface area contributed by atoms with Crippen molar-refractivity contribution in [1.29, 1.82) is 0 Å². The lowest BCUT2D eigenvalue weighted by Crippen LogP contribution is -2.57. The molecule has 2 atom stereocenters. The normalized spacial score (nSPS) is 22.8. The van der Waals surface area contributed by atoms with E-state index in [4.69, 9.17) is 12.2 Å². The van der Waals surface area contributed by atoms with Crippen molar-refractivity contribution in [3.63, 3.8) is 0 Å². The fourth-order valence-electron chi connectivity index (χ4n) is 4.20. The topological polar surface area (TPSA) is 54.0 Å². The van der Waals surface area contributed by atoms with Crippen molar-refractivity contribution in [1.82, 2.24) is 10.3 Å². The number of benzene rings is 1. The summed E-state index contributed by atoms with van der Waals surface area (Å²) in [7, 11) is 0. The van der Waals surface area contributed by atoms with Crippen LogP contribution < -0.4 is 10.6 Å². The van der Waals surface area contributed by atoms with Gasteiger partial charge in [0.1, 0.15) is 4.99 Å². The number of ketones is 1. The molecule has 2 N–H and O–H groups in total. The third-order valence-electron chi connectivity index (χ3n) is 5.94. The number of hydrogen-bond acceptors (Lipinski definition) is 4. The molecule has 0 unspecified atom stereocenters. The van der Waals surface area contributed by atoms with Crippen molar-refractivity contribution in [2.75, 3.05) is 5.32 Å². The third-order valence-corrected chi connectivity index (χ3v) is 6.25. The summed E-state index contributed by atoms with van der Waals surface area (Å²) in [6, 6.07) is 13.7. The van der Waals surface area contributed by atoms with E-state index < -0.39 is 0 Å². The molecule has 1 aromatic heterocycles. The van der Waals surface area contributed by atoms with Gasteiger partial charge in [-0.1, -0.05) is 44.3 Å². The Bertz CT molecular complexity index is 906. The summed E-state index contributed by atoms with van der Waals surface area (Å²) in [5.41, 5.74) is 3.64. The molecule has 0 aliphatic heterocycles. The number of allylic oxidation sites excluding steroid dienone is 1. The van der Waals surface area contributed by atoms with Crippen molar-refractivity contribution in [3.8, 4) is 0 Å². The Balaban J connectivity index is 1.64. The molecular formula is C22H23N3OS. The first-order chi connectivity index (χ1) is 13.0. The molecule has 5 heteroatoms. The van der Waals surface area contributed by atoms with Gasteiger partial charge in [0.2, 0.25) is 0 Å². The molecule has 2 aromatic rings. The van der Waals surface area contributed by atoms with Crippen LogP contribution in [-0.4, -0.2) is 15.8 Å². The molecule has 3 aliphatic carbocycles. The van der Waals surface area contributed by atoms with Gasteiger partial charge in [0, 0.05) is 42.2 Å². The second kappa shape index (κ2) is 6.89. The Kier molecular flexibility index (Phi) is 4.56. The first-order valence-electron chi connectivity index (χ1n) is 9.26. The quantitative estimate of drug-likeness (QED) is 0.768. The zero-order valence-electron chi connectivity index (χ0n) is 15.5. The van der Waals surface area contributed by atoms with E-state index >= 15 is 0 Å². The average Bonchev–Trinajstić information content (AvgIpc) is 2.67. The summed E-state index contributed by atoms with van der Waals surface area (Å²) in [5, 5.41) is 6.77. The van der Waals surface area contributed by atoms with E-state index in [0.717, 1.165) is 23.4 Å². The number of hydrogen-bond donors (Lipinski definition) is 2. The lowest BCUT2D eigenvalue weighted by atomic mass is 9.48. The first kappa shape index (κ1) is 17.9. The zero-order chi connectivity index (χ0) is 19.0. The minimum Gasteiger partial charge on any atom is -0.383 e. The number of thiocarbonyl (C=S) groups is 1. The maximum absolute atomic E-state index is 13.2. The Morgan fingerprint density at radius 3 is 2.52 bits per heavy atom. The summed E-state index contributed by atoms with van der Waals surface area (Å²) in [6.45, 7) is 5.02. The van der Waals surface area contributed by atoms with Crippen LogP contribution in [0.3, 0.4) is 0 Å². The monoisotopic (exact) mass is 377 g/mol. The number of para-hydroxylation sites is 1. The van der Waals surface area contributed by atoms with Crippen LogP contribution in [0.1, 0.15) is 25.8 Å². The van der Waals surface area contributed by atoms with Gasteiger partial charge in [0.15, 0.2) is 5.78 Å². The van der Waals surface area contributed by atoms with Crippen LogP contribution in [0.2, 0.25) is 0 Å². The van der Waals surface area contributed by atoms with Crippen LogP contribution in [0.25, 0.3) is 0 Å². The fourth-order valence-corrected chi connectivity index (χ4v) is 4.53.